The molecular weight excluding hydrogens is 480 g/mol. The standard InChI is InChI=1S/C27H28N2O6S/c1-4-6-13-35-19-9-7-8-18(15-19)24(30)22-23(17-10-11-20(34-5-2)21(16-17)33-3)29(26(32)25(22)31)27-28-12-14-36-27/h7-12,14-16,23,30H,4-6,13H2,1-3H3/b24-22+. The summed E-state index contributed by atoms with van der Waals surface area (Å²) >= 11 is 1.23. The molecule has 1 aliphatic rings. The highest BCUT2D eigenvalue weighted by molar-refractivity contribution is 7.14. The minimum absolute atomic E-state index is 0.0351. The summed E-state index contributed by atoms with van der Waals surface area (Å²) in [6.07, 6.45) is 3.45. The molecule has 2 aromatic carbocycles. The number of aromatic nitrogens is 1. The molecule has 1 amide bonds. The Kier molecular flexibility index (Phi) is 7.90. The van der Waals surface area contributed by atoms with Crippen LogP contribution in [0.25, 0.3) is 5.76 Å². The van der Waals surface area contributed by atoms with E-state index in [2.05, 4.69) is 11.9 Å². The Morgan fingerprint density at radius 3 is 2.64 bits per heavy atom. The Bertz CT molecular complexity index is 1270. The van der Waals surface area contributed by atoms with Gasteiger partial charge in [0.15, 0.2) is 16.6 Å². The number of benzene rings is 2. The summed E-state index contributed by atoms with van der Waals surface area (Å²) < 4.78 is 16.9. The minimum Gasteiger partial charge on any atom is -0.507 e. The molecule has 1 saturated heterocycles. The minimum atomic E-state index is -0.912. The number of anilines is 1. The zero-order valence-corrected chi connectivity index (χ0v) is 21.2. The summed E-state index contributed by atoms with van der Waals surface area (Å²) in [6.45, 7) is 4.93. The van der Waals surface area contributed by atoms with Crippen molar-refractivity contribution in [1.29, 1.82) is 0 Å². The highest BCUT2D eigenvalue weighted by atomic mass is 32.1. The lowest BCUT2D eigenvalue weighted by atomic mass is 9.95. The number of aliphatic hydroxyl groups is 1. The normalized spacial score (nSPS) is 16.9. The van der Waals surface area contributed by atoms with Gasteiger partial charge in [0.05, 0.1) is 31.9 Å². The number of ether oxygens (including phenoxy) is 3. The lowest BCUT2D eigenvalue weighted by Gasteiger charge is -2.24. The van der Waals surface area contributed by atoms with Crippen molar-refractivity contribution in [3.8, 4) is 17.2 Å². The number of thiazole rings is 1. The number of amides is 1. The summed E-state index contributed by atoms with van der Waals surface area (Å²) in [4.78, 5) is 32.1. The third kappa shape index (κ3) is 4.92. The van der Waals surface area contributed by atoms with Gasteiger partial charge in [-0.1, -0.05) is 31.5 Å². The fourth-order valence-corrected chi connectivity index (χ4v) is 4.70. The van der Waals surface area contributed by atoms with Crippen molar-refractivity contribution >= 4 is 33.9 Å². The number of ketones is 1. The molecule has 1 unspecified atom stereocenters. The number of unbranched alkanes of at least 4 members (excludes halogenated alkanes) is 1. The third-order valence-corrected chi connectivity index (χ3v) is 6.52. The van der Waals surface area contributed by atoms with E-state index in [1.165, 1.54) is 23.3 Å². The van der Waals surface area contributed by atoms with Crippen LogP contribution in [0, 0.1) is 0 Å². The van der Waals surface area contributed by atoms with Crippen LogP contribution in [0.3, 0.4) is 0 Å². The van der Waals surface area contributed by atoms with Crippen molar-refractivity contribution in [2.45, 2.75) is 32.7 Å². The molecule has 1 N–H and O–H groups in total. The first-order chi connectivity index (χ1) is 17.5. The number of carbonyl (C=O) groups excluding carboxylic acids is 2. The van der Waals surface area contributed by atoms with Crippen LogP contribution in [0.5, 0.6) is 17.2 Å². The van der Waals surface area contributed by atoms with Gasteiger partial charge in [-0.2, -0.15) is 0 Å². The van der Waals surface area contributed by atoms with Gasteiger partial charge in [-0.3, -0.25) is 14.5 Å². The topological polar surface area (TPSA) is 98.2 Å². The van der Waals surface area contributed by atoms with Gasteiger partial charge in [0.1, 0.15) is 11.5 Å². The molecule has 1 fully saturated rings. The largest absolute Gasteiger partial charge is 0.507 e. The summed E-state index contributed by atoms with van der Waals surface area (Å²) in [6, 6.07) is 11.1. The lowest BCUT2D eigenvalue weighted by molar-refractivity contribution is -0.132. The first-order valence-electron chi connectivity index (χ1n) is 11.7. The predicted molar refractivity (Wildman–Crippen MR) is 138 cm³/mol. The molecule has 3 aromatic rings. The maximum absolute atomic E-state index is 13.3. The van der Waals surface area contributed by atoms with E-state index >= 15 is 0 Å². The second-order valence-corrected chi connectivity index (χ2v) is 8.93. The van der Waals surface area contributed by atoms with E-state index in [-0.39, 0.29) is 11.3 Å². The summed E-state index contributed by atoms with van der Waals surface area (Å²) in [5.41, 5.74) is 0.915. The van der Waals surface area contributed by atoms with Gasteiger partial charge in [0.25, 0.3) is 5.78 Å². The fraction of sp³-hybridized carbons (Fsp3) is 0.296. The molecule has 1 atom stereocenters. The predicted octanol–water partition coefficient (Wildman–Crippen LogP) is 5.36. The van der Waals surface area contributed by atoms with E-state index in [0.717, 1.165) is 12.8 Å². The van der Waals surface area contributed by atoms with E-state index in [9.17, 15) is 14.7 Å². The van der Waals surface area contributed by atoms with Crippen LogP contribution in [-0.4, -0.2) is 42.1 Å². The molecule has 2 heterocycles. The second kappa shape index (κ2) is 11.3. The Labute approximate surface area is 213 Å². The van der Waals surface area contributed by atoms with Crippen LogP contribution in [-0.2, 0) is 9.59 Å². The molecule has 1 aromatic heterocycles. The van der Waals surface area contributed by atoms with Gasteiger partial charge in [0, 0.05) is 17.1 Å². The van der Waals surface area contributed by atoms with E-state index in [1.807, 2.05) is 6.92 Å². The first kappa shape index (κ1) is 25.2. The summed E-state index contributed by atoms with van der Waals surface area (Å²) in [5, 5.41) is 13.4. The summed E-state index contributed by atoms with van der Waals surface area (Å²) in [7, 11) is 1.52. The molecule has 0 spiro atoms. The maximum atomic E-state index is 13.3. The molecule has 36 heavy (non-hydrogen) atoms. The number of hydrogen-bond acceptors (Lipinski definition) is 8. The molecule has 188 valence electrons. The average molecular weight is 509 g/mol. The van der Waals surface area contributed by atoms with Gasteiger partial charge in [-0.25, -0.2) is 4.98 Å². The number of nitrogens with zero attached hydrogens (tertiary/aromatic N) is 2. The zero-order chi connectivity index (χ0) is 25.7. The van der Waals surface area contributed by atoms with Crippen molar-refractivity contribution in [1.82, 2.24) is 4.98 Å². The average Bonchev–Trinajstić information content (AvgIpc) is 3.51. The van der Waals surface area contributed by atoms with Crippen molar-refractivity contribution in [2.24, 2.45) is 0 Å². The molecular formula is C27H28N2O6S. The lowest BCUT2D eigenvalue weighted by Crippen LogP contribution is -2.29. The fourth-order valence-electron chi connectivity index (χ4n) is 4.03. The summed E-state index contributed by atoms with van der Waals surface area (Å²) in [5.74, 6) is -0.290. The molecule has 0 bridgehead atoms. The number of aliphatic hydroxyl groups excluding tert-OH is 1. The van der Waals surface area contributed by atoms with E-state index in [0.29, 0.717) is 46.7 Å². The number of methoxy groups -OCH3 is 1. The van der Waals surface area contributed by atoms with Gasteiger partial charge < -0.3 is 19.3 Å². The Morgan fingerprint density at radius 1 is 1.11 bits per heavy atom. The highest BCUT2D eigenvalue weighted by Crippen LogP contribution is 2.44. The van der Waals surface area contributed by atoms with Crippen LogP contribution < -0.4 is 19.1 Å². The molecule has 0 saturated carbocycles. The van der Waals surface area contributed by atoms with Crippen molar-refractivity contribution in [3.63, 3.8) is 0 Å². The molecule has 8 nitrogen and oxygen atoms in total. The Morgan fingerprint density at radius 2 is 1.94 bits per heavy atom. The van der Waals surface area contributed by atoms with Gasteiger partial charge >= 0.3 is 5.91 Å². The maximum Gasteiger partial charge on any atom is 0.301 e. The zero-order valence-electron chi connectivity index (χ0n) is 20.4. The van der Waals surface area contributed by atoms with E-state index in [4.69, 9.17) is 14.2 Å². The Balaban J connectivity index is 1.85. The van der Waals surface area contributed by atoms with Crippen LogP contribution in [0.15, 0.2) is 59.6 Å². The van der Waals surface area contributed by atoms with Crippen LogP contribution in [0.1, 0.15) is 43.9 Å². The monoisotopic (exact) mass is 508 g/mol. The second-order valence-electron chi connectivity index (χ2n) is 8.06. The van der Waals surface area contributed by atoms with Crippen molar-refractivity contribution in [2.75, 3.05) is 25.2 Å². The van der Waals surface area contributed by atoms with Crippen LogP contribution in [0.4, 0.5) is 5.13 Å². The number of Topliss-reactive ketones (excluding diaryl/α,β-unsaturated/α-hetero) is 1. The first-order valence-corrected chi connectivity index (χ1v) is 12.6. The van der Waals surface area contributed by atoms with Gasteiger partial charge in [-0.15, -0.1) is 11.3 Å². The van der Waals surface area contributed by atoms with E-state index < -0.39 is 17.7 Å². The SMILES string of the molecule is CCCCOc1cccc(/C(O)=C2\C(=O)C(=O)N(c3nccs3)C2c2ccc(OCC)c(OC)c2)c1. The van der Waals surface area contributed by atoms with Gasteiger partial charge in [0.2, 0.25) is 0 Å². The molecule has 9 heteroatoms. The Hall–Kier alpha value is -3.85. The van der Waals surface area contributed by atoms with Crippen LogP contribution >= 0.6 is 11.3 Å². The number of rotatable bonds is 10. The van der Waals surface area contributed by atoms with Gasteiger partial charge in [-0.05, 0) is 43.2 Å². The van der Waals surface area contributed by atoms with Crippen molar-refractivity contribution < 1.29 is 28.9 Å². The van der Waals surface area contributed by atoms with Crippen molar-refractivity contribution in [3.05, 3.63) is 70.7 Å². The van der Waals surface area contributed by atoms with Crippen LogP contribution in [0.2, 0.25) is 0 Å². The molecule has 0 radical (unpaired) electrons. The highest BCUT2D eigenvalue weighted by Gasteiger charge is 2.48. The quantitative estimate of drug-likeness (QED) is 0.170. The van der Waals surface area contributed by atoms with E-state index in [1.54, 1.807) is 54.0 Å². The molecule has 4 rings (SSSR count). The molecule has 0 aliphatic carbocycles. The number of hydrogen-bond donors (Lipinski definition) is 1. The molecule has 1 aliphatic heterocycles. The number of carbonyl (C=O) groups is 2. The third-order valence-electron chi connectivity index (χ3n) is 5.75. The smallest absolute Gasteiger partial charge is 0.301 e.